The fourth-order valence-electron chi connectivity index (χ4n) is 3.53. The minimum Gasteiger partial charge on any atom is -0.508 e. The molecule has 11 heteroatoms. The second-order valence-corrected chi connectivity index (χ2v) is 7.89. The Morgan fingerprint density at radius 1 is 1.25 bits per heavy atom. The maximum Gasteiger partial charge on any atom is 0.320 e. The molecule has 4 rings (SSSR count). The summed E-state index contributed by atoms with van der Waals surface area (Å²) < 4.78 is 1.32. The molecule has 0 radical (unpaired) electrons. The van der Waals surface area contributed by atoms with Crippen molar-refractivity contribution < 1.29 is 14.8 Å². The SMILES string of the molecule is CCn1cc([N+](=O)[O-])c(C(=O)N2N=C(c3ccc(Cl)c(Cl)c3)C[C@H]2c2ccccc2O)n1. The molecule has 1 aliphatic rings. The molecule has 32 heavy (non-hydrogen) atoms. The van der Waals surface area contributed by atoms with Crippen LogP contribution in [0, 0.1) is 10.1 Å². The number of para-hydroxylation sites is 1. The molecule has 1 N–H and O–H groups in total. The minimum absolute atomic E-state index is 0.0190. The van der Waals surface area contributed by atoms with Crippen molar-refractivity contribution in [3.05, 3.63) is 85.6 Å². The summed E-state index contributed by atoms with van der Waals surface area (Å²) in [7, 11) is 0. The van der Waals surface area contributed by atoms with Crippen LogP contribution in [0.2, 0.25) is 10.0 Å². The molecule has 9 nitrogen and oxygen atoms in total. The number of phenols is 1. The van der Waals surface area contributed by atoms with E-state index in [1.54, 1.807) is 43.3 Å². The summed E-state index contributed by atoms with van der Waals surface area (Å²) in [5.41, 5.74) is 0.881. The Kier molecular flexibility index (Phi) is 5.86. The van der Waals surface area contributed by atoms with Gasteiger partial charge in [-0.1, -0.05) is 47.5 Å². The van der Waals surface area contributed by atoms with Crippen LogP contribution in [0.1, 0.15) is 41.0 Å². The zero-order chi connectivity index (χ0) is 23.0. The van der Waals surface area contributed by atoms with Crippen molar-refractivity contribution in [2.45, 2.75) is 25.9 Å². The van der Waals surface area contributed by atoms with E-state index >= 15 is 0 Å². The molecule has 1 amide bonds. The lowest BCUT2D eigenvalue weighted by molar-refractivity contribution is -0.385. The summed E-state index contributed by atoms with van der Waals surface area (Å²) in [5.74, 6) is -0.762. The molecule has 2 heterocycles. The molecule has 0 unspecified atom stereocenters. The van der Waals surface area contributed by atoms with E-state index < -0.39 is 22.6 Å². The second kappa shape index (κ2) is 8.60. The van der Waals surface area contributed by atoms with Crippen molar-refractivity contribution in [3.63, 3.8) is 0 Å². The van der Waals surface area contributed by atoms with Crippen LogP contribution < -0.4 is 0 Å². The quantitative estimate of drug-likeness (QED) is 0.421. The largest absolute Gasteiger partial charge is 0.508 e. The van der Waals surface area contributed by atoms with Crippen molar-refractivity contribution >= 4 is 40.5 Å². The van der Waals surface area contributed by atoms with Crippen LogP contribution in [0.3, 0.4) is 0 Å². The summed E-state index contributed by atoms with van der Waals surface area (Å²) in [5, 5.41) is 32.3. The highest BCUT2D eigenvalue weighted by Crippen LogP contribution is 2.39. The number of halogens is 2. The Morgan fingerprint density at radius 2 is 2.00 bits per heavy atom. The Hall–Kier alpha value is -3.43. The topological polar surface area (TPSA) is 114 Å². The molecule has 0 fully saturated rings. The number of hydrogen-bond acceptors (Lipinski definition) is 6. The number of hydrazone groups is 1. The van der Waals surface area contributed by atoms with Crippen LogP contribution in [0.4, 0.5) is 5.69 Å². The molecule has 1 aromatic heterocycles. The lowest BCUT2D eigenvalue weighted by atomic mass is 9.97. The number of nitrogens with zero attached hydrogens (tertiary/aromatic N) is 5. The molecule has 2 aromatic carbocycles. The first-order valence-electron chi connectivity index (χ1n) is 9.66. The number of aromatic nitrogens is 2. The lowest BCUT2D eigenvalue weighted by Crippen LogP contribution is -2.28. The van der Waals surface area contributed by atoms with Gasteiger partial charge in [-0.3, -0.25) is 19.6 Å². The van der Waals surface area contributed by atoms with E-state index in [1.165, 1.54) is 16.9 Å². The predicted molar refractivity (Wildman–Crippen MR) is 119 cm³/mol. The number of phenolic OH excluding ortho intramolecular Hbond substituents is 1. The first kappa shape index (κ1) is 21.8. The van der Waals surface area contributed by atoms with Crippen LogP contribution in [-0.4, -0.2) is 36.4 Å². The van der Waals surface area contributed by atoms with Crippen molar-refractivity contribution in [2.75, 3.05) is 0 Å². The number of carbonyl (C=O) groups excluding carboxylic acids is 1. The molecule has 0 saturated heterocycles. The van der Waals surface area contributed by atoms with Crippen molar-refractivity contribution in [1.82, 2.24) is 14.8 Å². The van der Waals surface area contributed by atoms with E-state index in [-0.39, 0.29) is 17.9 Å². The van der Waals surface area contributed by atoms with E-state index in [2.05, 4.69) is 10.2 Å². The van der Waals surface area contributed by atoms with Crippen LogP contribution >= 0.6 is 23.2 Å². The van der Waals surface area contributed by atoms with Crippen molar-refractivity contribution in [1.29, 1.82) is 0 Å². The first-order chi connectivity index (χ1) is 15.3. The highest BCUT2D eigenvalue weighted by Gasteiger charge is 2.39. The van der Waals surface area contributed by atoms with Crippen LogP contribution in [0.5, 0.6) is 5.75 Å². The average molecular weight is 474 g/mol. The number of carbonyl (C=O) groups is 1. The number of amides is 1. The molecule has 1 atom stereocenters. The molecule has 0 spiro atoms. The number of aryl methyl sites for hydroxylation is 1. The summed E-state index contributed by atoms with van der Waals surface area (Å²) >= 11 is 12.2. The minimum atomic E-state index is -0.743. The molecular weight excluding hydrogens is 457 g/mol. The van der Waals surface area contributed by atoms with Gasteiger partial charge in [0.1, 0.15) is 11.9 Å². The number of benzene rings is 2. The third kappa shape index (κ3) is 3.92. The average Bonchev–Trinajstić information content (AvgIpc) is 3.40. The standard InChI is InChI=1S/C21H17Cl2N5O4/c1-2-26-11-18(28(31)32)20(25-26)21(30)27-17(13-5-3-4-6-19(13)29)10-16(24-27)12-7-8-14(22)15(23)9-12/h3-9,11,17,29H,2,10H2,1H3/t17-/m0/s1. The van der Waals surface area contributed by atoms with Gasteiger partial charge in [0.25, 0.3) is 0 Å². The van der Waals surface area contributed by atoms with Gasteiger partial charge in [0.2, 0.25) is 5.69 Å². The molecule has 0 saturated carbocycles. The molecule has 164 valence electrons. The zero-order valence-electron chi connectivity index (χ0n) is 16.8. The summed E-state index contributed by atoms with van der Waals surface area (Å²) in [6, 6.07) is 10.8. The van der Waals surface area contributed by atoms with Gasteiger partial charge in [-0.15, -0.1) is 0 Å². The number of nitro groups is 1. The molecular formula is C21H17Cl2N5O4. The highest BCUT2D eigenvalue weighted by atomic mass is 35.5. The Labute approximate surface area is 192 Å². The third-order valence-corrected chi connectivity index (χ3v) is 5.87. The second-order valence-electron chi connectivity index (χ2n) is 7.08. The van der Waals surface area contributed by atoms with Gasteiger partial charge in [0.15, 0.2) is 0 Å². The van der Waals surface area contributed by atoms with Gasteiger partial charge in [0, 0.05) is 18.5 Å². The van der Waals surface area contributed by atoms with Gasteiger partial charge in [0.05, 0.1) is 26.7 Å². The lowest BCUT2D eigenvalue weighted by Gasteiger charge is -2.21. The van der Waals surface area contributed by atoms with Crippen molar-refractivity contribution in [3.8, 4) is 5.75 Å². The monoisotopic (exact) mass is 473 g/mol. The van der Waals surface area contributed by atoms with E-state index in [0.29, 0.717) is 33.4 Å². The Balaban J connectivity index is 1.81. The van der Waals surface area contributed by atoms with Crippen molar-refractivity contribution in [2.24, 2.45) is 5.10 Å². The number of hydrogen-bond donors (Lipinski definition) is 1. The third-order valence-electron chi connectivity index (χ3n) is 5.13. The summed E-state index contributed by atoms with van der Waals surface area (Å²) in [4.78, 5) is 24.3. The fraction of sp³-hybridized carbons (Fsp3) is 0.190. The van der Waals surface area contributed by atoms with Crippen LogP contribution in [0.25, 0.3) is 0 Å². The molecule has 0 bridgehead atoms. The molecule has 3 aromatic rings. The van der Waals surface area contributed by atoms with E-state index in [0.717, 1.165) is 5.01 Å². The van der Waals surface area contributed by atoms with Gasteiger partial charge in [-0.05, 0) is 30.7 Å². The summed E-state index contributed by atoms with van der Waals surface area (Å²) in [6.07, 6.45) is 1.46. The summed E-state index contributed by atoms with van der Waals surface area (Å²) in [6.45, 7) is 2.11. The molecule has 0 aliphatic carbocycles. The number of aromatic hydroxyl groups is 1. The van der Waals surface area contributed by atoms with Gasteiger partial charge in [-0.2, -0.15) is 10.2 Å². The van der Waals surface area contributed by atoms with Crippen LogP contribution in [0.15, 0.2) is 53.8 Å². The van der Waals surface area contributed by atoms with Gasteiger partial charge in [-0.25, -0.2) is 5.01 Å². The zero-order valence-corrected chi connectivity index (χ0v) is 18.3. The Morgan fingerprint density at radius 3 is 2.66 bits per heavy atom. The fourth-order valence-corrected chi connectivity index (χ4v) is 3.82. The maximum atomic E-state index is 13.4. The smallest absolute Gasteiger partial charge is 0.320 e. The number of rotatable bonds is 5. The van der Waals surface area contributed by atoms with E-state index in [4.69, 9.17) is 23.2 Å². The maximum absolute atomic E-state index is 13.4. The Bertz CT molecular complexity index is 1260. The predicted octanol–water partition coefficient (Wildman–Crippen LogP) is 4.82. The molecule has 1 aliphatic heterocycles. The first-order valence-corrected chi connectivity index (χ1v) is 10.4. The normalized spacial score (nSPS) is 15.7. The van der Waals surface area contributed by atoms with Crippen LogP contribution in [-0.2, 0) is 6.54 Å². The van der Waals surface area contributed by atoms with E-state index in [1.807, 2.05) is 0 Å². The van der Waals surface area contributed by atoms with Gasteiger partial charge >= 0.3 is 11.6 Å². The van der Waals surface area contributed by atoms with Gasteiger partial charge < -0.3 is 5.11 Å². The highest BCUT2D eigenvalue weighted by molar-refractivity contribution is 6.42. The van der Waals surface area contributed by atoms with E-state index in [9.17, 15) is 20.0 Å².